The highest BCUT2D eigenvalue weighted by molar-refractivity contribution is 5.54. The first kappa shape index (κ1) is 19.6. The summed E-state index contributed by atoms with van der Waals surface area (Å²) in [7, 11) is 0. The lowest BCUT2D eigenvalue weighted by molar-refractivity contribution is -0.151. The van der Waals surface area contributed by atoms with Gasteiger partial charge in [0.25, 0.3) is 0 Å². The van der Waals surface area contributed by atoms with E-state index in [4.69, 9.17) is 5.26 Å². The molecule has 144 valence electrons. The number of halogens is 3. The van der Waals surface area contributed by atoms with Crippen LogP contribution >= 0.6 is 0 Å². The van der Waals surface area contributed by atoms with E-state index in [1.54, 1.807) is 31.2 Å². The molecule has 0 fully saturated rings. The first-order valence-electron chi connectivity index (χ1n) is 8.59. The molecule has 0 saturated carbocycles. The number of benzene rings is 2. The Morgan fingerprint density at radius 1 is 1.07 bits per heavy atom. The van der Waals surface area contributed by atoms with Crippen molar-refractivity contribution in [3.63, 3.8) is 0 Å². The molecule has 2 aromatic carbocycles. The Kier molecular flexibility index (Phi) is 5.76. The largest absolute Gasteiger partial charge is 0.401 e. The third kappa shape index (κ3) is 5.18. The van der Waals surface area contributed by atoms with Gasteiger partial charge in [-0.25, -0.2) is 9.67 Å². The fourth-order valence-corrected chi connectivity index (χ4v) is 2.90. The predicted octanol–water partition coefficient (Wildman–Crippen LogP) is 4.15. The van der Waals surface area contributed by atoms with Crippen LogP contribution in [0.4, 0.5) is 13.2 Å². The maximum Gasteiger partial charge on any atom is 0.401 e. The van der Waals surface area contributed by atoms with Gasteiger partial charge >= 0.3 is 6.18 Å². The number of hydrogen-bond donors (Lipinski definition) is 0. The standard InChI is InChI=1S/C20H18F3N5/c1-15-25-19(18-5-3-2-4-6-18)28(26-15)14-27(13-20(21,22)23)12-17-9-7-16(11-24)8-10-17/h2-10H,12-14H2,1H3. The Morgan fingerprint density at radius 2 is 1.75 bits per heavy atom. The van der Waals surface area contributed by atoms with E-state index in [0.29, 0.717) is 22.8 Å². The molecular formula is C20H18F3N5. The summed E-state index contributed by atoms with van der Waals surface area (Å²) in [4.78, 5) is 5.62. The molecule has 0 atom stereocenters. The fourth-order valence-electron chi connectivity index (χ4n) is 2.90. The van der Waals surface area contributed by atoms with E-state index in [1.807, 2.05) is 36.4 Å². The highest BCUT2D eigenvalue weighted by Gasteiger charge is 2.31. The second-order valence-corrected chi connectivity index (χ2v) is 6.40. The van der Waals surface area contributed by atoms with Crippen molar-refractivity contribution < 1.29 is 13.2 Å². The van der Waals surface area contributed by atoms with E-state index in [0.717, 1.165) is 5.56 Å². The van der Waals surface area contributed by atoms with Gasteiger partial charge in [0.05, 0.1) is 24.8 Å². The van der Waals surface area contributed by atoms with Crippen LogP contribution < -0.4 is 0 Å². The minimum absolute atomic E-state index is 0.0649. The maximum atomic E-state index is 13.1. The summed E-state index contributed by atoms with van der Waals surface area (Å²) in [5.41, 5.74) is 1.93. The molecule has 0 aliphatic carbocycles. The van der Waals surface area contributed by atoms with Crippen molar-refractivity contribution in [2.24, 2.45) is 0 Å². The van der Waals surface area contributed by atoms with E-state index in [2.05, 4.69) is 10.1 Å². The molecule has 1 aromatic heterocycles. The molecule has 0 saturated heterocycles. The molecule has 0 N–H and O–H groups in total. The van der Waals surface area contributed by atoms with Gasteiger partial charge < -0.3 is 0 Å². The Hall–Kier alpha value is -3.18. The van der Waals surface area contributed by atoms with Gasteiger partial charge in [-0.1, -0.05) is 42.5 Å². The van der Waals surface area contributed by atoms with E-state index in [-0.39, 0.29) is 13.2 Å². The van der Waals surface area contributed by atoms with Crippen molar-refractivity contribution in [2.45, 2.75) is 26.3 Å². The van der Waals surface area contributed by atoms with Gasteiger partial charge in [-0.05, 0) is 24.6 Å². The number of nitriles is 1. The number of hydrogen-bond acceptors (Lipinski definition) is 4. The number of alkyl halides is 3. The molecular weight excluding hydrogens is 367 g/mol. The van der Waals surface area contributed by atoms with Gasteiger partial charge in [0.1, 0.15) is 5.82 Å². The first-order chi connectivity index (χ1) is 13.3. The predicted molar refractivity (Wildman–Crippen MR) is 97.8 cm³/mol. The van der Waals surface area contributed by atoms with E-state index < -0.39 is 12.7 Å². The average Bonchev–Trinajstić information content (AvgIpc) is 3.02. The number of aromatic nitrogens is 3. The molecule has 0 spiro atoms. The van der Waals surface area contributed by atoms with E-state index in [1.165, 1.54) is 9.58 Å². The van der Waals surface area contributed by atoms with Gasteiger partial charge in [-0.3, -0.25) is 4.90 Å². The molecule has 8 heteroatoms. The SMILES string of the molecule is Cc1nc(-c2ccccc2)n(CN(Cc2ccc(C#N)cc2)CC(F)(F)F)n1. The summed E-state index contributed by atoms with van der Waals surface area (Å²) in [5.74, 6) is 1.01. The highest BCUT2D eigenvalue weighted by atomic mass is 19.4. The second-order valence-electron chi connectivity index (χ2n) is 6.40. The lowest BCUT2D eigenvalue weighted by Crippen LogP contribution is -2.35. The summed E-state index contributed by atoms with van der Waals surface area (Å²) in [6, 6.07) is 17.7. The van der Waals surface area contributed by atoms with Gasteiger partial charge in [-0.2, -0.15) is 23.5 Å². The van der Waals surface area contributed by atoms with Gasteiger partial charge in [0, 0.05) is 12.1 Å². The molecule has 0 radical (unpaired) electrons. The third-order valence-corrected chi connectivity index (χ3v) is 4.04. The van der Waals surface area contributed by atoms with Crippen molar-refractivity contribution in [3.8, 4) is 17.5 Å². The zero-order valence-electron chi connectivity index (χ0n) is 15.2. The molecule has 0 aliphatic rings. The van der Waals surface area contributed by atoms with Crippen LogP contribution in [0.2, 0.25) is 0 Å². The molecule has 28 heavy (non-hydrogen) atoms. The zero-order valence-corrected chi connectivity index (χ0v) is 15.2. The monoisotopic (exact) mass is 385 g/mol. The summed E-state index contributed by atoms with van der Waals surface area (Å²) in [5, 5.41) is 13.2. The van der Waals surface area contributed by atoms with Crippen LogP contribution in [0.25, 0.3) is 11.4 Å². The Labute approximate surface area is 160 Å². The van der Waals surface area contributed by atoms with Gasteiger partial charge in [-0.15, -0.1) is 0 Å². The molecule has 0 unspecified atom stereocenters. The minimum Gasteiger partial charge on any atom is -0.271 e. The molecule has 3 rings (SSSR count). The van der Waals surface area contributed by atoms with Crippen molar-refractivity contribution >= 4 is 0 Å². The number of nitrogens with zero attached hydrogens (tertiary/aromatic N) is 5. The number of aryl methyl sites for hydroxylation is 1. The quantitative estimate of drug-likeness (QED) is 0.640. The van der Waals surface area contributed by atoms with Crippen LogP contribution in [0.15, 0.2) is 54.6 Å². The molecule has 0 bridgehead atoms. The highest BCUT2D eigenvalue weighted by Crippen LogP contribution is 2.21. The fraction of sp³-hybridized carbons (Fsp3) is 0.250. The van der Waals surface area contributed by atoms with Crippen molar-refractivity contribution in [1.82, 2.24) is 19.7 Å². The van der Waals surface area contributed by atoms with Crippen molar-refractivity contribution in [3.05, 3.63) is 71.5 Å². The summed E-state index contributed by atoms with van der Waals surface area (Å²) < 4.78 is 40.9. The van der Waals surface area contributed by atoms with E-state index >= 15 is 0 Å². The lowest BCUT2D eigenvalue weighted by Gasteiger charge is -2.24. The molecule has 5 nitrogen and oxygen atoms in total. The summed E-state index contributed by atoms with van der Waals surface area (Å²) in [6.07, 6.45) is -4.35. The van der Waals surface area contributed by atoms with Gasteiger partial charge in [0.15, 0.2) is 5.82 Å². The molecule has 3 aromatic rings. The first-order valence-corrected chi connectivity index (χ1v) is 8.59. The topological polar surface area (TPSA) is 57.7 Å². The lowest BCUT2D eigenvalue weighted by atomic mass is 10.1. The Balaban J connectivity index is 1.86. The smallest absolute Gasteiger partial charge is 0.271 e. The molecule has 1 heterocycles. The third-order valence-electron chi connectivity index (χ3n) is 4.04. The maximum absolute atomic E-state index is 13.1. The van der Waals surface area contributed by atoms with Crippen LogP contribution in [-0.2, 0) is 13.2 Å². The normalized spacial score (nSPS) is 11.6. The summed E-state index contributed by atoms with van der Waals surface area (Å²) in [6.45, 7) is 0.626. The second kappa shape index (κ2) is 8.23. The van der Waals surface area contributed by atoms with Crippen molar-refractivity contribution in [1.29, 1.82) is 5.26 Å². The van der Waals surface area contributed by atoms with Crippen LogP contribution in [0, 0.1) is 18.3 Å². The van der Waals surface area contributed by atoms with Gasteiger partial charge in [0.2, 0.25) is 0 Å². The number of rotatable bonds is 6. The zero-order chi connectivity index (χ0) is 20.1. The Bertz CT molecular complexity index is 956. The Morgan fingerprint density at radius 3 is 2.36 bits per heavy atom. The van der Waals surface area contributed by atoms with Crippen LogP contribution in [0.1, 0.15) is 17.0 Å². The molecule has 0 amide bonds. The van der Waals surface area contributed by atoms with Crippen LogP contribution in [0.5, 0.6) is 0 Å². The summed E-state index contributed by atoms with van der Waals surface area (Å²) >= 11 is 0. The van der Waals surface area contributed by atoms with Crippen LogP contribution in [-0.4, -0.2) is 32.4 Å². The van der Waals surface area contributed by atoms with E-state index in [9.17, 15) is 13.2 Å². The van der Waals surface area contributed by atoms with Crippen molar-refractivity contribution in [2.75, 3.05) is 6.54 Å². The van der Waals surface area contributed by atoms with Crippen LogP contribution in [0.3, 0.4) is 0 Å². The minimum atomic E-state index is -4.35. The molecule has 0 aliphatic heterocycles. The average molecular weight is 385 g/mol.